The molecule has 2 aromatic carbocycles. The van der Waals surface area contributed by atoms with Gasteiger partial charge >= 0.3 is 0 Å². The molecule has 20 heavy (non-hydrogen) atoms. The van der Waals surface area contributed by atoms with E-state index in [2.05, 4.69) is 63.2 Å². The van der Waals surface area contributed by atoms with Crippen molar-refractivity contribution in [2.75, 3.05) is 6.61 Å². The molecule has 0 aromatic heterocycles. The highest BCUT2D eigenvalue weighted by atomic mass is 32.2. The topological polar surface area (TPSA) is 9.23 Å². The quantitative estimate of drug-likeness (QED) is 0.668. The molecule has 0 fully saturated rings. The molecule has 0 aliphatic carbocycles. The molecule has 0 spiro atoms. The van der Waals surface area contributed by atoms with Crippen LogP contribution in [0.3, 0.4) is 0 Å². The predicted octanol–water partition coefficient (Wildman–Crippen LogP) is 5.75. The highest BCUT2D eigenvalue weighted by Gasteiger charge is 2.09. The Bertz CT molecular complexity index is 534. The summed E-state index contributed by atoms with van der Waals surface area (Å²) in [5.41, 5.74) is 1.35. The van der Waals surface area contributed by atoms with E-state index in [1.54, 1.807) is 11.8 Å². The molecule has 106 valence electrons. The van der Waals surface area contributed by atoms with Crippen LogP contribution in [0.15, 0.2) is 58.3 Å². The van der Waals surface area contributed by atoms with Gasteiger partial charge in [0.15, 0.2) is 0 Å². The Labute approximate surface area is 126 Å². The molecular formula is C18H22OS. The van der Waals surface area contributed by atoms with Crippen LogP contribution in [-0.2, 0) is 0 Å². The summed E-state index contributed by atoms with van der Waals surface area (Å²) < 4.78 is 5.87. The molecule has 0 saturated carbocycles. The summed E-state index contributed by atoms with van der Waals surface area (Å²) in [6.45, 7) is 7.34. The summed E-state index contributed by atoms with van der Waals surface area (Å²) in [6.07, 6.45) is 1.03. The van der Waals surface area contributed by atoms with E-state index in [1.807, 2.05) is 6.07 Å². The Morgan fingerprint density at radius 3 is 2.45 bits per heavy atom. The van der Waals surface area contributed by atoms with Gasteiger partial charge in [-0.25, -0.2) is 0 Å². The van der Waals surface area contributed by atoms with Crippen LogP contribution in [0.1, 0.15) is 38.7 Å². The van der Waals surface area contributed by atoms with Crippen LogP contribution in [0.5, 0.6) is 5.75 Å². The molecule has 0 atom stereocenters. The molecule has 0 heterocycles. The summed E-state index contributed by atoms with van der Waals surface area (Å²) in [7, 11) is 0. The van der Waals surface area contributed by atoms with Gasteiger partial charge in [-0.1, -0.05) is 56.8 Å². The van der Waals surface area contributed by atoms with E-state index < -0.39 is 0 Å². The Morgan fingerprint density at radius 1 is 1.05 bits per heavy atom. The van der Waals surface area contributed by atoms with Crippen molar-refractivity contribution in [3.8, 4) is 5.75 Å². The molecular weight excluding hydrogens is 264 g/mol. The van der Waals surface area contributed by atoms with Gasteiger partial charge in [0.2, 0.25) is 0 Å². The van der Waals surface area contributed by atoms with E-state index in [1.165, 1.54) is 15.4 Å². The van der Waals surface area contributed by atoms with Gasteiger partial charge in [-0.15, -0.1) is 0 Å². The van der Waals surface area contributed by atoms with E-state index in [0.717, 1.165) is 18.8 Å². The first-order valence-corrected chi connectivity index (χ1v) is 8.02. The molecule has 1 nitrogen and oxygen atoms in total. The van der Waals surface area contributed by atoms with Crippen molar-refractivity contribution in [3.63, 3.8) is 0 Å². The molecule has 0 unspecified atom stereocenters. The van der Waals surface area contributed by atoms with Crippen molar-refractivity contribution in [1.82, 2.24) is 0 Å². The van der Waals surface area contributed by atoms with Crippen LogP contribution in [0.2, 0.25) is 0 Å². The lowest BCUT2D eigenvalue weighted by Gasteiger charge is -2.14. The number of benzene rings is 2. The number of rotatable bonds is 6. The summed E-state index contributed by atoms with van der Waals surface area (Å²) >= 11 is 1.77. The molecule has 0 amide bonds. The largest absolute Gasteiger partial charge is 0.492 e. The minimum Gasteiger partial charge on any atom is -0.492 e. The van der Waals surface area contributed by atoms with Gasteiger partial charge in [-0.05, 0) is 42.2 Å². The van der Waals surface area contributed by atoms with E-state index >= 15 is 0 Å². The maximum Gasteiger partial charge on any atom is 0.133 e. The van der Waals surface area contributed by atoms with Gasteiger partial charge in [0.1, 0.15) is 5.75 Å². The third kappa shape index (κ3) is 4.04. The zero-order valence-electron chi connectivity index (χ0n) is 12.4. The smallest absolute Gasteiger partial charge is 0.133 e. The Hall–Kier alpha value is -1.41. The maximum absolute atomic E-state index is 5.87. The number of hydrogen-bond acceptors (Lipinski definition) is 2. The molecule has 0 aliphatic rings. The van der Waals surface area contributed by atoms with E-state index in [-0.39, 0.29) is 0 Å². The van der Waals surface area contributed by atoms with E-state index in [4.69, 9.17) is 4.74 Å². The first-order valence-electron chi connectivity index (χ1n) is 7.20. The molecule has 0 bridgehead atoms. The van der Waals surface area contributed by atoms with Crippen LogP contribution in [-0.4, -0.2) is 6.61 Å². The number of hydrogen-bond donors (Lipinski definition) is 0. The molecule has 0 aliphatic heterocycles. The van der Waals surface area contributed by atoms with Crippen molar-refractivity contribution < 1.29 is 4.74 Å². The van der Waals surface area contributed by atoms with Gasteiger partial charge in [0.25, 0.3) is 0 Å². The Morgan fingerprint density at radius 2 is 1.80 bits per heavy atom. The SMILES string of the molecule is CCCOc1ccc(C(C)C)cc1Sc1ccccc1. The average Bonchev–Trinajstić information content (AvgIpc) is 2.47. The highest BCUT2D eigenvalue weighted by Crippen LogP contribution is 2.37. The second-order valence-electron chi connectivity index (χ2n) is 5.12. The van der Waals surface area contributed by atoms with Crippen molar-refractivity contribution in [2.24, 2.45) is 0 Å². The van der Waals surface area contributed by atoms with Gasteiger partial charge in [0, 0.05) is 4.90 Å². The second kappa shape index (κ2) is 7.39. The predicted molar refractivity (Wildman–Crippen MR) is 86.9 cm³/mol. The zero-order valence-corrected chi connectivity index (χ0v) is 13.2. The average molecular weight is 286 g/mol. The molecule has 2 aromatic rings. The minimum atomic E-state index is 0.533. The van der Waals surface area contributed by atoms with Crippen LogP contribution >= 0.6 is 11.8 Å². The Balaban J connectivity index is 2.28. The van der Waals surface area contributed by atoms with Gasteiger partial charge in [-0.3, -0.25) is 0 Å². The van der Waals surface area contributed by atoms with Gasteiger partial charge in [-0.2, -0.15) is 0 Å². The monoisotopic (exact) mass is 286 g/mol. The fraction of sp³-hybridized carbons (Fsp3) is 0.333. The fourth-order valence-electron chi connectivity index (χ4n) is 1.91. The molecule has 2 heteroatoms. The van der Waals surface area contributed by atoms with Crippen molar-refractivity contribution in [2.45, 2.75) is 42.9 Å². The maximum atomic E-state index is 5.87. The lowest BCUT2D eigenvalue weighted by Crippen LogP contribution is -1.98. The third-order valence-corrected chi connectivity index (χ3v) is 4.11. The Kier molecular flexibility index (Phi) is 5.54. The fourth-order valence-corrected chi connectivity index (χ4v) is 2.88. The first kappa shape index (κ1) is 15.0. The normalized spacial score (nSPS) is 10.8. The summed E-state index contributed by atoms with van der Waals surface area (Å²) in [4.78, 5) is 2.45. The van der Waals surface area contributed by atoms with Crippen molar-refractivity contribution in [1.29, 1.82) is 0 Å². The highest BCUT2D eigenvalue weighted by molar-refractivity contribution is 7.99. The molecule has 0 N–H and O–H groups in total. The molecule has 0 radical (unpaired) electrons. The summed E-state index contributed by atoms with van der Waals surface area (Å²) in [6, 6.07) is 17.0. The molecule has 0 saturated heterocycles. The summed E-state index contributed by atoms with van der Waals surface area (Å²) in [5, 5.41) is 0. The molecule has 2 rings (SSSR count). The summed E-state index contributed by atoms with van der Waals surface area (Å²) in [5.74, 6) is 1.52. The van der Waals surface area contributed by atoms with Crippen LogP contribution in [0, 0.1) is 0 Å². The van der Waals surface area contributed by atoms with Crippen molar-refractivity contribution in [3.05, 3.63) is 54.1 Å². The number of ether oxygens (including phenoxy) is 1. The standard InChI is InChI=1S/C18H22OS/c1-4-12-19-17-11-10-15(14(2)3)13-18(17)20-16-8-6-5-7-9-16/h5-11,13-14H,4,12H2,1-3H3. The lowest BCUT2D eigenvalue weighted by molar-refractivity contribution is 0.310. The zero-order chi connectivity index (χ0) is 14.4. The van der Waals surface area contributed by atoms with Gasteiger partial charge < -0.3 is 4.74 Å². The third-order valence-electron chi connectivity index (χ3n) is 3.07. The van der Waals surface area contributed by atoms with Crippen LogP contribution in [0.4, 0.5) is 0 Å². The van der Waals surface area contributed by atoms with Crippen LogP contribution < -0.4 is 4.74 Å². The second-order valence-corrected chi connectivity index (χ2v) is 6.24. The van der Waals surface area contributed by atoms with Gasteiger partial charge in [0.05, 0.1) is 11.5 Å². The van der Waals surface area contributed by atoms with E-state index in [0.29, 0.717) is 5.92 Å². The van der Waals surface area contributed by atoms with Crippen molar-refractivity contribution >= 4 is 11.8 Å². The van der Waals surface area contributed by atoms with Crippen LogP contribution in [0.25, 0.3) is 0 Å². The lowest BCUT2D eigenvalue weighted by atomic mass is 10.0. The first-order chi connectivity index (χ1) is 9.70. The minimum absolute atomic E-state index is 0.533. The van der Waals surface area contributed by atoms with E-state index in [9.17, 15) is 0 Å².